The molecule has 4 rings (SSSR count). The largest absolute Gasteiger partial charge is 0.494 e. The summed E-state index contributed by atoms with van der Waals surface area (Å²) in [5, 5.41) is 3.57. The van der Waals surface area contributed by atoms with Crippen molar-refractivity contribution in [1.29, 1.82) is 0 Å². The quantitative estimate of drug-likeness (QED) is 0.568. The molecule has 0 aliphatic carbocycles. The third-order valence-electron chi connectivity index (χ3n) is 8.26. The summed E-state index contributed by atoms with van der Waals surface area (Å²) >= 11 is 6.54. The van der Waals surface area contributed by atoms with E-state index in [4.69, 9.17) is 25.6 Å². The number of nitrogens with zero attached hydrogens (tertiary/aromatic N) is 2. The molecule has 2 amide bonds. The summed E-state index contributed by atoms with van der Waals surface area (Å²) in [7, 11) is -0.519. The molecule has 3 fully saturated rings. The third kappa shape index (κ3) is 6.66. The fraction of sp³-hybridized carbons (Fsp3) is 0.714. The van der Waals surface area contributed by atoms with E-state index >= 15 is 0 Å². The second-order valence-electron chi connectivity index (χ2n) is 12.8. The van der Waals surface area contributed by atoms with Gasteiger partial charge in [-0.05, 0) is 91.7 Å². The molecule has 0 saturated carbocycles. The topological polar surface area (TPSA) is 80.3 Å². The second kappa shape index (κ2) is 11.0. The van der Waals surface area contributed by atoms with Crippen LogP contribution in [0.3, 0.4) is 0 Å². The van der Waals surface area contributed by atoms with Crippen LogP contribution in [0, 0.1) is 0 Å². The number of rotatable bonds is 4. The average Bonchev–Trinajstić information content (AvgIpc) is 3.05. The summed E-state index contributed by atoms with van der Waals surface area (Å²) < 4.78 is 17.7. The van der Waals surface area contributed by atoms with Crippen molar-refractivity contribution in [3.05, 3.63) is 28.8 Å². The van der Waals surface area contributed by atoms with Crippen LogP contribution in [0.15, 0.2) is 18.2 Å². The van der Waals surface area contributed by atoms with Gasteiger partial charge in [0.05, 0.1) is 21.8 Å². The van der Waals surface area contributed by atoms with Gasteiger partial charge in [0.2, 0.25) is 0 Å². The molecule has 1 aromatic rings. The Morgan fingerprint density at radius 2 is 1.58 bits per heavy atom. The van der Waals surface area contributed by atoms with E-state index < -0.39 is 23.9 Å². The third-order valence-corrected chi connectivity index (χ3v) is 8.57. The minimum atomic E-state index is -0.519. The van der Waals surface area contributed by atoms with E-state index in [0.29, 0.717) is 16.6 Å². The molecule has 210 valence electrons. The predicted molar refractivity (Wildman–Crippen MR) is 150 cm³/mol. The lowest BCUT2D eigenvalue weighted by molar-refractivity contribution is 0.00578. The standard InChI is InChI=1S/C28H43BClN3O5/c1-26(2,3)36-25(35)33-16-12-21(13-17-33)32-14-10-20(11-15-32)31-24(34)22-9-8-19(18-23(22)30)29-37-27(4,5)28(6,7)38-29/h8-9,18,20-21H,10-17H2,1-7H3,(H,31,34). The molecule has 0 atom stereocenters. The highest BCUT2D eigenvalue weighted by molar-refractivity contribution is 6.62. The number of nitrogens with one attached hydrogen (secondary N) is 1. The SMILES string of the molecule is CC(C)(C)OC(=O)N1CCC(N2CCC(NC(=O)c3ccc(B4OC(C)(C)C(C)(C)O4)cc3Cl)CC2)CC1. The van der Waals surface area contributed by atoms with E-state index in [1.807, 2.05) is 59.4 Å². The van der Waals surface area contributed by atoms with Crippen molar-refractivity contribution in [1.82, 2.24) is 15.1 Å². The molecular formula is C28H43BClN3O5. The highest BCUT2D eigenvalue weighted by Crippen LogP contribution is 2.36. The number of likely N-dealkylation sites (tertiary alicyclic amines) is 2. The molecule has 0 bridgehead atoms. The molecule has 3 aliphatic heterocycles. The van der Waals surface area contributed by atoms with E-state index in [1.54, 1.807) is 12.1 Å². The smallest absolute Gasteiger partial charge is 0.444 e. The summed E-state index contributed by atoms with van der Waals surface area (Å²) in [6, 6.07) is 5.95. The van der Waals surface area contributed by atoms with Gasteiger partial charge >= 0.3 is 13.2 Å². The first-order valence-corrected chi connectivity index (χ1v) is 14.2. The maximum absolute atomic E-state index is 13.0. The van der Waals surface area contributed by atoms with Gasteiger partial charge in [-0.3, -0.25) is 4.79 Å². The fourth-order valence-electron chi connectivity index (χ4n) is 5.25. The Labute approximate surface area is 232 Å². The summed E-state index contributed by atoms with van der Waals surface area (Å²) in [4.78, 5) is 29.7. The van der Waals surface area contributed by atoms with E-state index in [2.05, 4.69) is 10.2 Å². The van der Waals surface area contributed by atoms with Crippen molar-refractivity contribution in [2.45, 2.75) is 103 Å². The van der Waals surface area contributed by atoms with Crippen molar-refractivity contribution >= 4 is 36.2 Å². The first-order valence-electron chi connectivity index (χ1n) is 13.8. The minimum Gasteiger partial charge on any atom is -0.444 e. The number of carbonyl (C=O) groups is 2. The fourth-order valence-corrected chi connectivity index (χ4v) is 5.53. The molecule has 3 saturated heterocycles. The van der Waals surface area contributed by atoms with Crippen LogP contribution >= 0.6 is 11.6 Å². The minimum absolute atomic E-state index is 0.111. The monoisotopic (exact) mass is 547 g/mol. The zero-order chi connectivity index (χ0) is 27.9. The summed E-state index contributed by atoms with van der Waals surface area (Å²) in [5.41, 5.74) is -0.0892. The Balaban J connectivity index is 1.24. The van der Waals surface area contributed by atoms with Gasteiger partial charge in [0.1, 0.15) is 5.60 Å². The van der Waals surface area contributed by atoms with Gasteiger partial charge in [0.15, 0.2) is 0 Å². The number of hydrogen-bond acceptors (Lipinski definition) is 6. The van der Waals surface area contributed by atoms with Crippen LogP contribution in [0.4, 0.5) is 4.79 Å². The maximum Gasteiger partial charge on any atom is 0.494 e. The average molecular weight is 548 g/mol. The van der Waals surface area contributed by atoms with Gasteiger partial charge in [-0.2, -0.15) is 0 Å². The van der Waals surface area contributed by atoms with Crippen LogP contribution in [0.2, 0.25) is 5.02 Å². The highest BCUT2D eigenvalue weighted by atomic mass is 35.5. The lowest BCUT2D eigenvalue weighted by Gasteiger charge is -2.42. The number of amides is 2. The summed E-state index contributed by atoms with van der Waals surface area (Å²) in [6.07, 6.45) is 3.45. The van der Waals surface area contributed by atoms with E-state index in [9.17, 15) is 9.59 Å². The van der Waals surface area contributed by atoms with Crippen LogP contribution in [-0.4, -0.2) is 84.0 Å². The van der Waals surface area contributed by atoms with Gasteiger partial charge in [0, 0.05) is 38.3 Å². The maximum atomic E-state index is 13.0. The molecule has 10 heteroatoms. The lowest BCUT2D eigenvalue weighted by atomic mass is 9.79. The number of piperidine rings is 2. The Kier molecular flexibility index (Phi) is 8.44. The number of hydrogen-bond donors (Lipinski definition) is 1. The molecule has 3 heterocycles. The number of halogens is 1. The summed E-state index contributed by atoms with van der Waals surface area (Å²) in [5.74, 6) is -0.153. The zero-order valence-corrected chi connectivity index (χ0v) is 24.7. The Morgan fingerprint density at radius 3 is 2.11 bits per heavy atom. The molecule has 1 aromatic carbocycles. The predicted octanol–water partition coefficient (Wildman–Crippen LogP) is 4.23. The molecule has 38 heavy (non-hydrogen) atoms. The van der Waals surface area contributed by atoms with Crippen LogP contribution < -0.4 is 10.8 Å². The number of carbonyl (C=O) groups excluding carboxylic acids is 2. The van der Waals surface area contributed by atoms with E-state index in [-0.39, 0.29) is 18.0 Å². The van der Waals surface area contributed by atoms with Crippen LogP contribution in [0.25, 0.3) is 0 Å². The summed E-state index contributed by atoms with van der Waals surface area (Å²) in [6.45, 7) is 17.0. The molecule has 8 nitrogen and oxygen atoms in total. The van der Waals surface area contributed by atoms with Crippen LogP contribution in [-0.2, 0) is 14.0 Å². The Morgan fingerprint density at radius 1 is 1.00 bits per heavy atom. The lowest BCUT2D eigenvalue weighted by Crippen LogP contribution is -2.52. The van der Waals surface area contributed by atoms with E-state index in [0.717, 1.165) is 57.3 Å². The zero-order valence-electron chi connectivity index (χ0n) is 23.9. The molecule has 3 aliphatic rings. The van der Waals surface area contributed by atoms with Crippen molar-refractivity contribution in [3.8, 4) is 0 Å². The first-order chi connectivity index (χ1) is 17.6. The van der Waals surface area contributed by atoms with Gasteiger partial charge in [0.25, 0.3) is 5.91 Å². The van der Waals surface area contributed by atoms with Crippen molar-refractivity contribution < 1.29 is 23.6 Å². The van der Waals surface area contributed by atoms with Gasteiger partial charge in [-0.15, -0.1) is 0 Å². The Hall–Kier alpha value is -1.81. The number of benzene rings is 1. The molecule has 0 radical (unpaired) electrons. The molecular weight excluding hydrogens is 505 g/mol. The highest BCUT2D eigenvalue weighted by Gasteiger charge is 2.51. The number of ether oxygens (including phenoxy) is 1. The van der Waals surface area contributed by atoms with Gasteiger partial charge in [-0.1, -0.05) is 17.7 Å². The molecule has 1 N–H and O–H groups in total. The van der Waals surface area contributed by atoms with Crippen LogP contribution in [0.5, 0.6) is 0 Å². The second-order valence-corrected chi connectivity index (χ2v) is 13.2. The molecule has 0 aromatic heterocycles. The molecule has 0 unspecified atom stereocenters. The van der Waals surface area contributed by atoms with Crippen molar-refractivity contribution in [3.63, 3.8) is 0 Å². The molecule has 0 spiro atoms. The van der Waals surface area contributed by atoms with Gasteiger partial charge < -0.3 is 29.2 Å². The normalized spacial score (nSPS) is 22.9. The van der Waals surface area contributed by atoms with E-state index in [1.165, 1.54) is 0 Å². The van der Waals surface area contributed by atoms with Crippen LogP contribution in [0.1, 0.15) is 84.5 Å². The van der Waals surface area contributed by atoms with Crippen molar-refractivity contribution in [2.24, 2.45) is 0 Å². The van der Waals surface area contributed by atoms with Gasteiger partial charge in [-0.25, -0.2) is 4.79 Å². The Bertz CT molecular complexity index is 1010. The van der Waals surface area contributed by atoms with Crippen molar-refractivity contribution in [2.75, 3.05) is 26.2 Å². The first kappa shape index (κ1) is 29.2.